The molecule has 0 N–H and O–H groups in total. The molecule has 4 aliphatic rings. The molecule has 0 aromatic heterocycles. The Kier molecular flexibility index (Phi) is 7.97. The quantitative estimate of drug-likeness (QED) is 0.304. The summed E-state index contributed by atoms with van der Waals surface area (Å²) in [6.45, 7) is 6.52. The number of carbonyl (C=O) groups is 2. The predicted molar refractivity (Wildman–Crippen MR) is 153 cm³/mol. The van der Waals surface area contributed by atoms with Gasteiger partial charge in [-0.05, 0) is 49.2 Å². The van der Waals surface area contributed by atoms with Gasteiger partial charge < -0.3 is 34.3 Å². The summed E-state index contributed by atoms with van der Waals surface area (Å²) in [5.74, 6) is -0.0532. The minimum absolute atomic E-state index is 0.0203. The second kappa shape index (κ2) is 12.1. The normalized spacial score (nSPS) is 20.7. The molecule has 4 aliphatic heterocycles. The summed E-state index contributed by atoms with van der Waals surface area (Å²) >= 11 is 0. The summed E-state index contributed by atoms with van der Waals surface area (Å²) in [7, 11) is 0. The topological polar surface area (TPSA) is 104 Å². The van der Waals surface area contributed by atoms with E-state index < -0.39 is 0 Å². The Morgan fingerprint density at radius 2 is 1.07 bits per heavy atom. The maximum Gasteiger partial charge on any atom is 0.274 e. The van der Waals surface area contributed by atoms with Crippen molar-refractivity contribution in [2.75, 3.05) is 75.5 Å². The van der Waals surface area contributed by atoms with E-state index in [-0.39, 0.29) is 11.8 Å². The van der Waals surface area contributed by atoms with Crippen LogP contribution < -0.4 is 9.80 Å². The molecule has 0 unspecified atom stereocenters. The number of morpholine rings is 2. The van der Waals surface area contributed by atoms with E-state index in [9.17, 15) is 14.8 Å². The number of hydrogen-bond acceptors (Lipinski definition) is 8. The Labute approximate surface area is 239 Å². The van der Waals surface area contributed by atoms with Crippen molar-refractivity contribution in [3.05, 3.63) is 77.3 Å². The molecule has 4 heterocycles. The van der Waals surface area contributed by atoms with Crippen molar-refractivity contribution in [2.45, 2.75) is 12.8 Å². The van der Waals surface area contributed by atoms with E-state index in [2.05, 4.69) is 14.9 Å². The summed E-state index contributed by atoms with van der Waals surface area (Å²) in [6.07, 6.45) is 5.56. The van der Waals surface area contributed by atoms with Crippen LogP contribution in [-0.2, 0) is 19.1 Å². The Bertz CT molecular complexity index is 1360. The molecule has 0 radical (unpaired) electrons. The summed E-state index contributed by atoms with van der Waals surface area (Å²) in [5.41, 5.74) is 3.79. The lowest BCUT2D eigenvalue weighted by Crippen LogP contribution is -2.45. The monoisotopic (exact) mass is 558 g/mol. The first-order chi connectivity index (χ1) is 20.1. The van der Waals surface area contributed by atoms with Crippen molar-refractivity contribution in [3.8, 4) is 0 Å². The molecule has 2 fully saturated rings. The number of amides is 2. The van der Waals surface area contributed by atoms with Gasteiger partial charge in [-0.3, -0.25) is 9.59 Å². The van der Waals surface area contributed by atoms with Crippen LogP contribution in [0.1, 0.15) is 12.8 Å². The molecule has 6 rings (SSSR count). The van der Waals surface area contributed by atoms with Crippen LogP contribution in [0.15, 0.2) is 77.2 Å². The zero-order chi connectivity index (χ0) is 28.2. The van der Waals surface area contributed by atoms with Gasteiger partial charge in [0.05, 0.1) is 37.8 Å². The molecular formula is C30H34N6O5. The van der Waals surface area contributed by atoms with Gasteiger partial charge in [0, 0.05) is 67.9 Å². The summed E-state index contributed by atoms with van der Waals surface area (Å²) < 4.78 is 10.8. The average Bonchev–Trinajstić information content (AvgIpc) is 3.03. The molecule has 0 spiro atoms. The van der Waals surface area contributed by atoms with Gasteiger partial charge in [-0.2, -0.15) is 0 Å². The second-order valence-electron chi connectivity index (χ2n) is 10.3. The predicted octanol–water partition coefficient (Wildman–Crippen LogP) is 3.52. The molecule has 0 saturated carbocycles. The summed E-state index contributed by atoms with van der Waals surface area (Å²) in [6, 6.07) is 14.0. The van der Waals surface area contributed by atoms with E-state index in [4.69, 9.17) is 9.47 Å². The van der Waals surface area contributed by atoms with E-state index in [1.54, 1.807) is 46.2 Å². The zero-order valence-corrected chi connectivity index (χ0v) is 23.0. The highest BCUT2D eigenvalue weighted by Gasteiger charge is 2.29. The molecule has 11 heteroatoms. The first-order valence-corrected chi connectivity index (χ1v) is 14.2. The van der Waals surface area contributed by atoms with Gasteiger partial charge in [0.2, 0.25) is 5.69 Å². The lowest BCUT2D eigenvalue weighted by atomic mass is 10.1. The minimum atomic E-state index is -0.0330. The van der Waals surface area contributed by atoms with Crippen LogP contribution in [-0.4, -0.2) is 92.2 Å². The van der Waals surface area contributed by atoms with Crippen LogP contribution in [0.4, 0.5) is 22.7 Å². The maximum absolute atomic E-state index is 13.2. The Hall–Kier alpha value is -4.22. The Morgan fingerprint density at radius 1 is 0.634 bits per heavy atom. The fourth-order valence-electron chi connectivity index (χ4n) is 5.57. The molecule has 0 aliphatic carbocycles. The highest BCUT2D eigenvalue weighted by atomic mass is 16.5. The fourth-order valence-corrected chi connectivity index (χ4v) is 5.57. The Morgan fingerprint density at radius 3 is 1.54 bits per heavy atom. The van der Waals surface area contributed by atoms with Crippen molar-refractivity contribution in [1.82, 2.24) is 9.80 Å². The maximum atomic E-state index is 13.2. The first-order valence-electron chi connectivity index (χ1n) is 14.2. The fraction of sp³-hybridized carbons (Fsp3) is 0.400. The smallest absolute Gasteiger partial charge is 0.274 e. The number of rotatable bonds is 6. The van der Waals surface area contributed by atoms with Gasteiger partial charge in [-0.15, -0.1) is 0 Å². The molecule has 2 amide bonds. The number of ether oxygens (including phenoxy) is 2. The van der Waals surface area contributed by atoms with E-state index in [1.165, 1.54) is 0 Å². The highest BCUT2D eigenvalue weighted by Crippen LogP contribution is 2.28. The van der Waals surface area contributed by atoms with Crippen LogP contribution >= 0.6 is 0 Å². The SMILES string of the molecule is O=C1C(N2CCOCC2)=CCCN1c1ccc(N=[N+]([O-])c2ccc(N3CCC=C(N4CCOCC4)C3=O)cc2)cc1. The van der Waals surface area contributed by atoms with Gasteiger partial charge in [-0.1, -0.05) is 17.0 Å². The molecule has 0 atom stereocenters. The van der Waals surface area contributed by atoms with Crippen molar-refractivity contribution in [3.63, 3.8) is 0 Å². The molecule has 2 aromatic carbocycles. The average molecular weight is 559 g/mol. The third-order valence-corrected chi connectivity index (χ3v) is 7.76. The standard InChI is InChI=1S/C30H34N6O5/c37-29-27(32-15-19-40-20-16-32)3-1-13-34(29)24-7-5-23(6-8-24)31-36(39)26-11-9-25(10-12-26)35-14-2-4-28(30(35)38)33-17-21-41-22-18-33/h3-12H,1-2,13-22H2. The second-order valence-corrected chi connectivity index (χ2v) is 10.3. The number of anilines is 2. The van der Waals surface area contributed by atoms with Crippen LogP contribution in [0.5, 0.6) is 0 Å². The first kappa shape index (κ1) is 27.0. The molecular weight excluding hydrogens is 524 g/mol. The van der Waals surface area contributed by atoms with Crippen molar-refractivity contribution in [1.29, 1.82) is 0 Å². The minimum Gasteiger partial charge on any atom is -0.594 e. The number of carbonyl (C=O) groups excluding carboxylic acids is 2. The van der Waals surface area contributed by atoms with Crippen molar-refractivity contribution >= 4 is 34.6 Å². The largest absolute Gasteiger partial charge is 0.594 e. The van der Waals surface area contributed by atoms with E-state index in [1.807, 2.05) is 24.3 Å². The number of hydrogen-bond donors (Lipinski definition) is 0. The number of benzene rings is 2. The third kappa shape index (κ3) is 5.82. The van der Waals surface area contributed by atoms with Crippen LogP contribution in [0.2, 0.25) is 0 Å². The number of nitrogens with zero attached hydrogens (tertiary/aromatic N) is 6. The molecule has 2 aromatic rings. The number of azo groups is 1. The van der Waals surface area contributed by atoms with Gasteiger partial charge in [0.1, 0.15) is 5.69 Å². The van der Waals surface area contributed by atoms with Crippen LogP contribution in [0, 0.1) is 5.21 Å². The molecule has 11 nitrogen and oxygen atoms in total. The van der Waals surface area contributed by atoms with Crippen molar-refractivity contribution < 1.29 is 23.9 Å². The summed E-state index contributed by atoms with van der Waals surface area (Å²) in [5, 5.41) is 17.0. The van der Waals surface area contributed by atoms with Gasteiger partial charge in [0.15, 0.2) is 0 Å². The van der Waals surface area contributed by atoms with Crippen molar-refractivity contribution in [2.24, 2.45) is 5.11 Å². The lowest BCUT2D eigenvalue weighted by Gasteiger charge is -2.35. The summed E-state index contributed by atoms with van der Waals surface area (Å²) in [4.78, 5) is 34.6. The van der Waals surface area contributed by atoms with E-state index in [0.717, 1.165) is 29.9 Å². The van der Waals surface area contributed by atoms with Crippen LogP contribution in [0.3, 0.4) is 0 Å². The molecule has 2 saturated heterocycles. The van der Waals surface area contributed by atoms with Gasteiger partial charge >= 0.3 is 0 Å². The van der Waals surface area contributed by atoms with Crippen LogP contribution in [0.25, 0.3) is 0 Å². The lowest BCUT2D eigenvalue weighted by molar-refractivity contribution is -0.435. The van der Waals surface area contributed by atoms with E-state index >= 15 is 0 Å². The highest BCUT2D eigenvalue weighted by molar-refractivity contribution is 6.06. The third-order valence-electron chi connectivity index (χ3n) is 7.76. The molecule has 214 valence electrons. The van der Waals surface area contributed by atoms with Gasteiger partial charge in [-0.25, -0.2) is 0 Å². The molecule has 0 bridgehead atoms. The zero-order valence-electron chi connectivity index (χ0n) is 23.0. The van der Waals surface area contributed by atoms with E-state index in [0.29, 0.717) is 87.6 Å². The Balaban J connectivity index is 1.11. The molecule has 41 heavy (non-hydrogen) atoms. The van der Waals surface area contributed by atoms with Gasteiger partial charge in [0.25, 0.3) is 11.8 Å².